The lowest BCUT2D eigenvalue weighted by Crippen LogP contribution is -2.27. The number of carbonyl (C=O) groups is 1. The van der Waals surface area contributed by atoms with Crippen LogP contribution in [0.3, 0.4) is 0 Å². The van der Waals surface area contributed by atoms with Gasteiger partial charge in [-0.1, -0.05) is 6.07 Å². The number of hydrogen-bond donors (Lipinski definition) is 1. The van der Waals surface area contributed by atoms with Crippen LogP contribution >= 0.6 is 23.1 Å². The number of anilines is 1. The Morgan fingerprint density at radius 1 is 1.32 bits per heavy atom. The zero-order valence-corrected chi connectivity index (χ0v) is 12.3. The van der Waals surface area contributed by atoms with Gasteiger partial charge in [-0.3, -0.25) is 4.79 Å². The van der Waals surface area contributed by atoms with E-state index in [1.807, 2.05) is 48.8 Å². The van der Waals surface area contributed by atoms with Gasteiger partial charge >= 0.3 is 0 Å². The summed E-state index contributed by atoms with van der Waals surface area (Å²) >= 11 is 3.20. The highest BCUT2D eigenvalue weighted by atomic mass is 32.2. The van der Waals surface area contributed by atoms with Crippen LogP contribution in [0.1, 0.15) is 4.88 Å². The fourth-order valence-corrected chi connectivity index (χ4v) is 3.14. The molecule has 2 aromatic rings. The third-order valence-corrected chi connectivity index (χ3v) is 4.50. The van der Waals surface area contributed by atoms with E-state index in [2.05, 4.69) is 0 Å². The number of hydrogen-bond acceptors (Lipinski definition) is 4. The summed E-state index contributed by atoms with van der Waals surface area (Å²) in [6.45, 7) is 0.679. The van der Waals surface area contributed by atoms with Crippen LogP contribution in [0.5, 0.6) is 0 Å². The van der Waals surface area contributed by atoms with E-state index in [-0.39, 0.29) is 5.91 Å². The highest BCUT2D eigenvalue weighted by Gasteiger charge is 2.10. The van der Waals surface area contributed by atoms with Crippen LogP contribution < -0.4 is 5.73 Å². The van der Waals surface area contributed by atoms with E-state index in [0.717, 1.165) is 10.6 Å². The van der Waals surface area contributed by atoms with Crippen molar-refractivity contribution in [1.82, 2.24) is 4.90 Å². The third kappa shape index (κ3) is 4.29. The van der Waals surface area contributed by atoms with E-state index < -0.39 is 0 Å². The average molecular weight is 292 g/mol. The zero-order valence-electron chi connectivity index (χ0n) is 10.7. The number of carbonyl (C=O) groups excluding carboxylic acids is 1. The molecular formula is C14H16N2OS2. The van der Waals surface area contributed by atoms with Crippen molar-refractivity contribution in [3.8, 4) is 0 Å². The van der Waals surface area contributed by atoms with Crippen molar-refractivity contribution in [1.29, 1.82) is 0 Å². The molecule has 0 aliphatic rings. The van der Waals surface area contributed by atoms with Crippen LogP contribution in [-0.4, -0.2) is 23.6 Å². The number of nitrogens with two attached hydrogens (primary N) is 1. The van der Waals surface area contributed by atoms with Crippen molar-refractivity contribution in [2.75, 3.05) is 18.5 Å². The third-order valence-electron chi connectivity index (χ3n) is 2.64. The van der Waals surface area contributed by atoms with E-state index in [9.17, 15) is 4.79 Å². The summed E-state index contributed by atoms with van der Waals surface area (Å²) < 4.78 is 0. The Hall–Kier alpha value is -1.46. The fraction of sp³-hybridized carbons (Fsp3) is 0.214. The van der Waals surface area contributed by atoms with E-state index in [1.165, 1.54) is 16.6 Å². The average Bonchev–Trinajstić information content (AvgIpc) is 2.90. The molecule has 3 nitrogen and oxygen atoms in total. The second-order valence-corrected chi connectivity index (χ2v) is 6.27. The monoisotopic (exact) mass is 292 g/mol. The molecule has 0 saturated heterocycles. The highest BCUT2D eigenvalue weighted by Crippen LogP contribution is 2.20. The molecule has 0 radical (unpaired) electrons. The quantitative estimate of drug-likeness (QED) is 0.680. The molecule has 0 aliphatic heterocycles. The molecule has 1 aromatic carbocycles. The minimum Gasteiger partial charge on any atom is -0.399 e. The molecule has 5 heteroatoms. The van der Waals surface area contributed by atoms with Crippen LogP contribution in [0, 0.1) is 0 Å². The molecular weight excluding hydrogens is 276 g/mol. The Balaban J connectivity index is 1.82. The predicted octanol–water partition coefficient (Wildman–Crippen LogP) is 3.08. The Labute approximate surface area is 121 Å². The number of thiophene rings is 1. The van der Waals surface area contributed by atoms with Gasteiger partial charge in [-0.15, -0.1) is 23.1 Å². The maximum atomic E-state index is 12.0. The fourth-order valence-electron chi connectivity index (χ4n) is 1.54. The van der Waals surface area contributed by atoms with Crippen LogP contribution in [-0.2, 0) is 11.3 Å². The molecule has 19 heavy (non-hydrogen) atoms. The number of benzene rings is 1. The largest absolute Gasteiger partial charge is 0.399 e. The molecule has 1 heterocycles. The molecule has 0 fully saturated rings. The second-order valence-electron chi connectivity index (χ2n) is 4.19. The summed E-state index contributed by atoms with van der Waals surface area (Å²) in [5.41, 5.74) is 6.36. The molecule has 0 bridgehead atoms. The van der Waals surface area contributed by atoms with Crippen molar-refractivity contribution in [3.05, 3.63) is 46.7 Å². The molecule has 0 saturated carbocycles. The molecule has 1 amide bonds. The van der Waals surface area contributed by atoms with E-state index in [0.29, 0.717) is 12.3 Å². The summed E-state index contributed by atoms with van der Waals surface area (Å²) in [5, 5.41) is 2.02. The Morgan fingerprint density at radius 3 is 2.68 bits per heavy atom. The lowest BCUT2D eigenvalue weighted by molar-refractivity contribution is -0.127. The van der Waals surface area contributed by atoms with Gasteiger partial charge in [0.05, 0.1) is 12.3 Å². The van der Waals surface area contributed by atoms with Crippen LogP contribution in [0.15, 0.2) is 46.7 Å². The summed E-state index contributed by atoms with van der Waals surface area (Å²) in [7, 11) is 1.84. The maximum absolute atomic E-state index is 12.0. The first kappa shape index (κ1) is 14.0. The van der Waals surface area contributed by atoms with Crippen LogP contribution in [0.2, 0.25) is 0 Å². The van der Waals surface area contributed by atoms with E-state index in [1.54, 1.807) is 16.2 Å². The van der Waals surface area contributed by atoms with Gasteiger partial charge in [0.25, 0.3) is 0 Å². The van der Waals surface area contributed by atoms with Gasteiger partial charge in [-0.2, -0.15) is 0 Å². The summed E-state index contributed by atoms with van der Waals surface area (Å²) in [6.07, 6.45) is 0. The van der Waals surface area contributed by atoms with E-state index in [4.69, 9.17) is 5.73 Å². The van der Waals surface area contributed by atoms with Crippen molar-refractivity contribution < 1.29 is 4.79 Å². The number of nitrogens with zero attached hydrogens (tertiary/aromatic N) is 1. The predicted molar refractivity (Wildman–Crippen MR) is 82.4 cm³/mol. The topological polar surface area (TPSA) is 46.3 Å². The smallest absolute Gasteiger partial charge is 0.233 e. The molecule has 2 rings (SSSR count). The van der Waals surface area contributed by atoms with Crippen molar-refractivity contribution in [3.63, 3.8) is 0 Å². The lowest BCUT2D eigenvalue weighted by Gasteiger charge is -2.15. The summed E-state index contributed by atoms with van der Waals surface area (Å²) in [4.78, 5) is 16.0. The van der Waals surface area contributed by atoms with Gasteiger partial charge in [0, 0.05) is 22.5 Å². The maximum Gasteiger partial charge on any atom is 0.233 e. The SMILES string of the molecule is CN(Cc1cccs1)C(=O)CSc1ccc(N)cc1. The first-order valence-electron chi connectivity index (χ1n) is 5.90. The molecule has 0 unspecified atom stereocenters. The van der Waals surface area contributed by atoms with E-state index >= 15 is 0 Å². The van der Waals surface area contributed by atoms with Crippen molar-refractivity contribution >= 4 is 34.7 Å². The van der Waals surface area contributed by atoms with Gasteiger partial charge in [0.2, 0.25) is 5.91 Å². The lowest BCUT2D eigenvalue weighted by atomic mass is 10.3. The van der Waals surface area contributed by atoms with Gasteiger partial charge < -0.3 is 10.6 Å². The molecule has 0 spiro atoms. The van der Waals surface area contributed by atoms with Crippen molar-refractivity contribution in [2.45, 2.75) is 11.4 Å². The number of rotatable bonds is 5. The molecule has 100 valence electrons. The molecule has 0 atom stereocenters. The van der Waals surface area contributed by atoms with Crippen LogP contribution in [0.4, 0.5) is 5.69 Å². The first-order valence-corrected chi connectivity index (χ1v) is 7.76. The minimum atomic E-state index is 0.134. The summed E-state index contributed by atoms with van der Waals surface area (Å²) in [6, 6.07) is 11.6. The Bertz CT molecular complexity index is 523. The normalized spacial score (nSPS) is 10.4. The molecule has 1 aromatic heterocycles. The Kier molecular flexibility index (Phi) is 4.87. The van der Waals surface area contributed by atoms with Gasteiger partial charge in [-0.25, -0.2) is 0 Å². The van der Waals surface area contributed by atoms with Gasteiger partial charge in [0.15, 0.2) is 0 Å². The zero-order chi connectivity index (χ0) is 13.7. The molecule has 0 aliphatic carbocycles. The highest BCUT2D eigenvalue weighted by molar-refractivity contribution is 8.00. The van der Waals surface area contributed by atoms with Gasteiger partial charge in [0.1, 0.15) is 0 Å². The number of nitrogen functional groups attached to an aromatic ring is 1. The van der Waals surface area contributed by atoms with Gasteiger partial charge in [-0.05, 0) is 35.7 Å². The summed E-state index contributed by atoms with van der Waals surface area (Å²) in [5.74, 6) is 0.585. The number of thioether (sulfide) groups is 1. The number of amides is 1. The van der Waals surface area contributed by atoms with Crippen LogP contribution in [0.25, 0.3) is 0 Å². The second kappa shape index (κ2) is 6.63. The first-order chi connectivity index (χ1) is 9.15. The Morgan fingerprint density at radius 2 is 2.05 bits per heavy atom. The molecule has 2 N–H and O–H groups in total. The minimum absolute atomic E-state index is 0.134. The standard InChI is InChI=1S/C14H16N2OS2/c1-16(9-13-3-2-8-18-13)14(17)10-19-12-6-4-11(15)5-7-12/h2-8H,9-10,15H2,1H3. The van der Waals surface area contributed by atoms with Crippen molar-refractivity contribution in [2.24, 2.45) is 0 Å².